The van der Waals surface area contributed by atoms with Crippen LogP contribution in [-0.4, -0.2) is 31.5 Å². The highest BCUT2D eigenvalue weighted by Gasteiger charge is 2.21. The van der Waals surface area contributed by atoms with Crippen molar-refractivity contribution < 1.29 is 14.3 Å². The molecule has 1 aromatic rings. The molecule has 2 amide bonds. The van der Waals surface area contributed by atoms with E-state index in [1.807, 2.05) is 24.3 Å². The Bertz CT molecular complexity index is 496. The monoisotopic (exact) mass is 290 g/mol. The summed E-state index contributed by atoms with van der Waals surface area (Å²) in [4.78, 5) is 23.4. The number of nitrogens with one attached hydrogen (secondary N) is 2. The number of hydrogen-bond donors (Lipinski definition) is 2. The zero-order valence-electron chi connectivity index (χ0n) is 12.4. The lowest BCUT2D eigenvalue weighted by molar-refractivity contribution is -0.139. The van der Waals surface area contributed by atoms with Gasteiger partial charge >= 0.3 is 11.8 Å². The van der Waals surface area contributed by atoms with Crippen LogP contribution in [0.1, 0.15) is 31.2 Å². The fourth-order valence-electron chi connectivity index (χ4n) is 2.62. The van der Waals surface area contributed by atoms with E-state index in [1.165, 1.54) is 0 Å². The van der Waals surface area contributed by atoms with Gasteiger partial charge in [-0.2, -0.15) is 0 Å². The minimum Gasteiger partial charge on any atom is -0.496 e. The van der Waals surface area contributed by atoms with E-state index in [1.54, 1.807) is 7.11 Å². The van der Waals surface area contributed by atoms with Crippen LogP contribution in [0.2, 0.25) is 0 Å². The van der Waals surface area contributed by atoms with Crippen LogP contribution in [0.4, 0.5) is 0 Å². The number of hydrogen-bond acceptors (Lipinski definition) is 3. The maximum atomic E-state index is 11.7. The summed E-state index contributed by atoms with van der Waals surface area (Å²) in [5, 5.41) is 5.42. The van der Waals surface area contributed by atoms with Gasteiger partial charge in [-0.1, -0.05) is 31.0 Å². The van der Waals surface area contributed by atoms with Gasteiger partial charge in [-0.05, 0) is 30.9 Å². The number of para-hydroxylation sites is 1. The molecule has 1 aromatic carbocycles. The largest absolute Gasteiger partial charge is 0.496 e. The van der Waals surface area contributed by atoms with Gasteiger partial charge < -0.3 is 15.4 Å². The first kappa shape index (κ1) is 15.4. The molecule has 0 unspecified atom stereocenters. The van der Waals surface area contributed by atoms with Gasteiger partial charge in [0.2, 0.25) is 0 Å². The van der Waals surface area contributed by atoms with Gasteiger partial charge in [-0.25, -0.2) is 0 Å². The molecular weight excluding hydrogens is 268 g/mol. The lowest BCUT2D eigenvalue weighted by Crippen LogP contribution is -2.44. The highest BCUT2D eigenvalue weighted by molar-refractivity contribution is 6.35. The number of rotatable bonds is 5. The molecule has 0 spiro atoms. The van der Waals surface area contributed by atoms with Crippen molar-refractivity contribution in [3.8, 4) is 5.75 Å². The Hall–Kier alpha value is -2.04. The lowest BCUT2D eigenvalue weighted by atomic mass is 10.1. The maximum Gasteiger partial charge on any atom is 0.309 e. The number of methoxy groups -OCH3 is 1. The topological polar surface area (TPSA) is 67.4 Å². The van der Waals surface area contributed by atoms with Gasteiger partial charge in [-0.15, -0.1) is 0 Å². The first-order valence-corrected chi connectivity index (χ1v) is 7.41. The second kappa shape index (κ2) is 7.67. The molecule has 21 heavy (non-hydrogen) atoms. The van der Waals surface area contributed by atoms with Crippen molar-refractivity contribution in [1.82, 2.24) is 10.6 Å². The van der Waals surface area contributed by atoms with Gasteiger partial charge in [0, 0.05) is 12.6 Å². The summed E-state index contributed by atoms with van der Waals surface area (Å²) < 4.78 is 5.25. The Morgan fingerprint density at radius 1 is 1.19 bits per heavy atom. The number of ether oxygens (including phenoxy) is 1. The Labute approximate surface area is 125 Å². The summed E-state index contributed by atoms with van der Waals surface area (Å²) in [5.41, 5.74) is 1.01. The van der Waals surface area contributed by atoms with Gasteiger partial charge in [0.1, 0.15) is 5.75 Å². The molecule has 1 aliphatic rings. The van der Waals surface area contributed by atoms with E-state index in [0.717, 1.165) is 37.0 Å². The zero-order valence-corrected chi connectivity index (χ0v) is 12.4. The van der Waals surface area contributed by atoms with Crippen LogP contribution in [0.25, 0.3) is 0 Å². The normalized spacial score (nSPS) is 14.7. The van der Waals surface area contributed by atoms with Crippen LogP contribution >= 0.6 is 0 Å². The highest BCUT2D eigenvalue weighted by Crippen LogP contribution is 2.18. The Kier molecular flexibility index (Phi) is 5.60. The minimum atomic E-state index is -0.559. The molecule has 2 N–H and O–H groups in total. The zero-order chi connectivity index (χ0) is 15.1. The molecule has 5 heteroatoms. The van der Waals surface area contributed by atoms with Crippen LogP contribution < -0.4 is 15.4 Å². The molecule has 0 radical (unpaired) electrons. The third kappa shape index (κ3) is 4.48. The summed E-state index contributed by atoms with van der Waals surface area (Å²) in [6.07, 6.45) is 4.83. The van der Waals surface area contributed by atoms with Crippen molar-refractivity contribution in [1.29, 1.82) is 0 Å². The Morgan fingerprint density at radius 2 is 1.90 bits per heavy atom. The second-order valence-electron chi connectivity index (χ2n) is 5.27. The lowest BCUT2D eigenvalue weighted by Gasteiger charge is -2.12. The van der Waals surface area contributed by atoms with E-state index >= 15 is 0 Å². The molecule has 0 aromatic heterocycles. The van der Waals surface area contributed by atoms with Crippen LogP contribution in [0.15, 0.2) is 24.3 Å². The number of benzene rings is 1. The van der Waals surface area contributed by atoms with Gasteiger partial charge in [0.05, 0.1) is 7.11 Å². The van der Waals surface area contributed by atoms with Crippen molar-refractivity contribution in [2.75, 3.05) is 13.7 Å². The standard InChI is InChI=1S/C16H22N2O3/c1-21-14-9-5-2-6-12(14)10-11-17-15(19)16(20)18-13-7-3-4-8-13/h2,5-6,9,13H,3-4,7-8,10-11H2,1H3,(H,17,19)(H,18,20). The fraction of sp³-hybridized carbons (Fsp3) is 0.500. The fourth-order valence-corrected chi connectivity index (χ4v) is 2.62. The minimum absolute atomic E-state index is 0.164. The van der Waals surface area contributed by atoms with Crippen molar-refractivity contribution >= 4 is 11.8 Å². The smallest absolute Gasteiger partial charge is 0.309 e. The van der Waals surface area contributed by atoms with Crippen molar-refractivity contribution in [2.24, 2.45) is 0 Å². The van der Waals surface area contributed by atoms with E-state index in [0.29, 0.717) is 13.0 Å². The SMILES string of the molecule is COc1ccccc1CCNC(=O)C(=O)NC1CCCC1. The first-order chi connectivity index (χ1) is 10.2. The average Bonchev–Trinajstić information content (AvgIpc) is 3.00. The predicted molar refractivity (Wildman–Crippen MR) is 80.1 cm³/mol. The predicted octanol–water partition coefficient (Wildman–Crippen LogP) is 1.41. The first-order valence-electron chi connectivity index (χ1n) is 7.41. The molecule has 114 valence electrons. The molecule has 2 rings (SSSR count). The van der Waals surface area contributed by atoms with E-state index in [9.17, 15) is 9.59 Å². The number of amides is 2. The second-order valence-corrected chi connectivity index (χ2v) is 5.27. The van der Waals surface area contributed by atoms with E-state index in [4.69, 9.17) is 4.74 Å². The molecule has 0 saturated heterocycles. The molecular formula is C16H22N2O3. The maximum absolute atomic E-state index is 11.7. The molecule has 1 fully saturated rings. The summed E-state index contributed by atoms with van der Waals surface area (Å²) in [6.45, 7) is 0.414. The molecule has 1 saturated carbocycles. The summed E-state index contributed by atoms with van der Waals surface area (Å²) >= 11 is 0. The number of carbonyl (C=O) groups is 2. The summed E-state index contributed by atoms with van der Waals surface area (Å²) in [5.74, 6) is -0.291. The quantitative estimate of drug-likeness (QED) is 0.806. The highest BCUT2D eigenvalue weighted by atomic mass is 16.5. The summed E-state index contributed by atoms with van der Waals surface area (Å²) in [7, 11) is 1.62. The van der Waals surface area contributed by atoms with Crippen LogP contribution in [0, 0.1) is 0 Å². The van der Waals surface area contributed by atoms with Crippen LogP contribution in [-0.2, 0) is 16.0 Å². The van der Waals surface area contributed by atoms with Gasteiger partial charge in [0.25, 0.3) is 0 Å². The van der Waals surface area contributed by atoms with Crippen molar-refractivity contribution in [3.05, 3.63) is 29.8 Å². The van der Waals surface area contributed by atoms with Crippen LogP contribution in [0.3, 0.4) is 0 Å². The van der Waals surface area contributed by atoms with E-state index in [2.05, 4.69) is 10.6 Å². The Balaban J connectivity index is 1.74. The van der Waals surface area contributed by atoms with Crippen molar-refractivity contribution in [2.45, 2.75) is 38.1 Å². The molecule has 0 aliphatic heterocycles. The van der Waals surface area contributed by atoms with Gasteiger partial charge in [0.15, 0.2) is 0 Å². The molecule has 1 aliphatic carbocycles. The third-order valence-corrected chi connectivity index (χ3v) is 3.77. The molecule has 0 heterocycles. The molecule has 5 nitrogen and oxygen atoms in total. The van der Waals surface area contributed by atoms with Crippen LogP contribution in [0.5, 0.6) is 5.75 Å². The summed E-state index contributed by atoms with van der Waals surface area (Å²) in [6, 6.07) is 7.81. The van der Waals surface area contributed by atoms with E-state index in [-0.39, 0.29) is 6.04 Å². The Morgan fingerprint density at radius 3 is 2.62 bits per heavy atom. The average molecular weight is 290 g/mol. The van der Waals surface area contributed by atoms with E-state index < -0.39 is 11.8 Å². The number of carbonyl (C=O) groups excluding carboxylic acids is 2. The third-order valence-electron chi connectivity index (χ3n) is 3.77. The van der Waals surface area contributed by atoms with Gasteiger partial charge in [-0.3, -0.25) is 9.59 Å². The molecule has 0 atom stereocenters. The molecule has 0 bridgehead atoms. The van der Waals surface area contributed by atoms with Crippen molar-refractivity contribution in [3.63, 3.8) is 0 Å².